The number of phenols is 1. The van der Waals surface area contributed by atoms with Crippen molar-refractivity contribution in [2.75, 3.05) is 19.6 Å². The summed E-state index contributed by atoms with van der Waals surface area (Å²) in [6, 6.07) is 6.50. The van der Waals surface area contributed by atoms with Crippen LogP contribution in [-0.2, 0) is 6.42 Å². The van der Waals surface area contributed by atoms with Crippen LogP contribution in [0.2, 0.25) is 0 Å². The molecule has 3 heteroatoms. The number of aromatic amines is 1. The topological polar surface area (TPSA) is 36.0 Å². The van der Waals surface area contributed by atoms with E-state index in [4.69, 9.17) is 0 Å². The van der Waals surface area contributed by atoms with Crippen LogP contribution in [0.25, 0.3) is 10.9 Å². The van der Waals surface area contributed by atoms with Gasteiger partial charge in [-0.15, -0.1) is 0 Å². The van der Waals surface area contributed by atoms with Gasteiger partial charge in [-0.25, -0.2) is 0 Å². The first-order chi connectivity index (χ1) is 10.7. The molecule has 3 nitrogen and oxygen atoms in total. The van der Waals surface area contributed by atoms with Gasteiger partial charge >= 0.3 is 0 Å². The Hall–Kier alpha value is -1.48. The van der Waals surface area contributed by atoms with Crippen LogP contribution in [0.3, 0.4) is 0 Å². The van der Waals surface area contributed by atoms with Gasteiger partial charge in [-0.1, -0.05) is 6.92 Å². The maximum absolute atomic E-state index is 9.77. The molecule has 0 radical (unpaired) electrons. The lowest BCUT2D eigenvalue weighted by molar-refractivity contribution is -0.978. The van der Waals surface area contributed by atoms with Crippen molar-refractivity contribution in [2.24, 2.45) is 11.8 Å². The standard InChI is InChI=1S/C19H24N2O/c1-2-12-11-21-7-5-13(12)9-18(21)19-16(6-8-21)15-4-3-14(22)10-17(15)20-19/h3-4,10,12-13,18,20H,2,5-9,11H2,1H3/p+1. The van der Waals surface area contributed by atoms with E-state index >= 15 is 0 Å². The fourth-order valence-electron chi connectivity index (χ4n) is 5.84. The van der Waals surface area contributed by atoms with Crippen LogP contribution in [0.15, 0.2) is 18.2 Å². The quantitative estimate of drug-likeness (QED) is 0.773. The molecule has 22 heavy (non-hydrogen) atoms. The van der Waals surface area contributed by atoms with E-state index < -0.39 is 0 Å². The second-order valence-corrected chi connectivity index (χ2v) is 7.81. The molecule has 4 aliphatic heterocycles. The van der Waals surface area contributed by atoms with Gasteiger partial charge in [-0.3, -0.25) is 0 Å². The summed E-state index contributed by atoms with van der Waals surface area (Å²) >= 11 is 0. The minimum atomic E-state index is 0.367. The van der Waals surface area contributed by atoms with E-state index in [9.17, 15) is 5.11 Å². The summed E-state index contributed by atoms with van der Waals surface area (Å²) in [5, 5.41) is 11.1. The Morgan fingerprint density at radius 3 is 3.09 bits per heavy atom. The third-order valence-corrected chi connectivity index (χ3v) is 6.98. The molecule has 2 bridgehead atoms. The largest absolute Gasteiger partial charge is 0.508 e. The molecule has 2 N–H and O–H groups in total. The number of rotatable bonds is 1. The Kier molecular flexibility index (Phi) is 2.53. The summed E-state index contributed by atoms with van der Waals surface area (Å²) in [5.74, 6) is 2.24. The minimum Gasteiger partial charge on any atom is -0.508 e. The Bertz CT molecular complexity index is 749. The normalized spacial score (nSPS) is 36.3. The number of fused-ring (bicyclic) bond motifs is 5. The molecule has 6 rings (SSSR count). The van der Waals surface area contributed by atoms with Gasteiger partial charge < -0.3 is 14.6 Å². The number of nitrogens with zero attached hydrogens (tertiary/aromatic N) is 1. The van der Waals surface area contributed by atoms with Crippen molar-refractivity contribution in [2.45, 2.75) is 38.6 Å². The molecule has 1 aromatic heterocycles. The molecular weight excluding hydrogens is 272 g/mol. The molecule has 0 amide bonds. The van der Waals surface area contributed by atoms with Crippen molar-refractivity contribution in [1.82, 2.24) is 4.98 Å². The molecule has 4 unspecified atom stereocenters. The van der Waals surface area contributed by atoms with Crippen molar-refractivity contribution >= 4 is 10.9 Å². The van der Waals surface area contributed by atoms with Gasteiger partial charge in [0.25, 0.3) is 0 Å². The first-order valence-electron chi connectivity index (χ1n) is 8.89. The predicted molar refractivity (Wildman–Crippen MR) is 87.8 cm³/mol. The third kappa shape index (κ3) is 1.55. The maximum Gasteiger partial charge on any atom is 0.130 e. The number of piperidine rings is 3. The summed E-state index contributed by atoms with van der Waals surface area (Å²) in [4.78, 5) is 3.69. The number of hydrogen-bond donors (Lipinski definition) is 2. The minimum absolute atomic E-state index is 0.367. The zero-order chi connectivity index (χ0) is 14.9. The van der Waals surface area contributed by atoms with Crippen LogP contribution in [-0.4, -0.2) is 34.2 Å². The second kappa shape index (κ2) is 4.29. The summed E-state index contributed by atoms with van der Waals surface area (Å²) in [5.41, 5.74) is 4.15. The second-order valence-electron chi connectivity index (χ2n) is 7.81. The molecule has 1 spiro atoms. The Morgan fingerprint density at radius 1 is 1.32 bits per heavy atom. The van der Waals surface area contributed by atoms with Crippen molar-refractivity contribution in [3.05, 3.63) is 29.5 Å². The van der Waals surface area contributed by atoms with E-state index in [0.717, 1.165) is 17.4 Å². The first-order valence-corrected chi connectivity index (χ1v) is 8.89. The molecule has 116 valence electrons. The van der Waals surface area contributed by atoms with Gasteiger partial charge in [0, 0.05) is 42.1 Å². The lowest BCUT2D eigenvalue weighted by Crippen LogP contribution is -2.65. The number of nitrogens with one attached hydrogen (secondary N) is 1. The van der Waals surface area contributed by atoms with Crippen LogP contribution in [0, 0.1) is 11.8 Å². The highest BCUT2D eigenvalue weighted by atomic mass is 16.3. The number of quaternary nitrogens is 1. The zero-order valence-electron chi connectivity index (χ0n) is 13.3. The summed E-state index contributed by atoms with van der Waals surface area (Å²) < 4.78 is 1.33. The molecule has 5 heterocycles. The number of benzene rings is 1. The number of phenolic OH excluding ortho intramolecular Hbond substituents is 1. The van der Waals surface area contributed by atoms with Crippen LogP contribution >= 0.6 is 0 Å². The molecule has 4 aliphatic rings. The molecule has 2 aromatic rings. The molecule has 3 saturated heterocycles. The fraction of sp³-hybridized carbons (Fsp3) is 0.579. The Morgan fingerprint density at radius 2 is 2.23 bits per heavy atom. The summed E-state index contributed by atoms with van der Waals surface area (Å²) in [6.07, 6.45) is 5.35. The zero-order valence-corrected chi connectivity index (χ0v) is 13.3. The van der Waals surface area contributed by atoms with Gasteiger partial charge in [0.2, 0.25) is 0 Å². The average molecular weight is 297 g/mol. The first kappa shape index (κ1) is 13.0. The van der Waals surface area contributed by atoms with Crippen molar-refractivity contribution in [3.63, 3.8) is 0 Å². The van der Waals surface area contributed by atoms with Crippen molar-refractivity contribution in [1.29, 1.82) is 0 Å². The Labute approximate surface area is 131 Å². The van der Waals surface area contributed by atoms with Gasteiger partial charge in [0.15, 0.2) is 0 Å². The lowest BCUT2D eigenvalue weighted by Gasteiger charge is -2.59. The van der Waals surface area contributed by atoms with Gasteiger partial charge in [-0.05, 0) is 30.0 Å². The van der Waals surface area contributed by atoms with Crippen LogP contribution in [0.1, 0.15) is 43.5 Å². The van der Waals surface area contributed by atoms with E-state index in [1.165, 1.54) is 66.4 Å². The molecule has 1 aromatic carbocycles. The summed E-state index contributed by atoms with van der Waals surface area (Å²) in [7, 11) is 0. The molecule has 4 atom stereocenters. The van der Waals surface area contributed by atoms with Gasteiger partial charge in [0.1, 0.15) is 11.8 Å². The van der Waals surface area contributed by atoms with Gasteiger partial charge in [-0.2, -0.15) is 0 Å². The lowest BCUT2D eigenvalue weighted by atomic mass is 9.70. The van der Waals surface area contributed by atoms with Crippen molar-refractivity contribution < 1.29 is 9.59 Å². The Balaban J connectivity index is 1.64. The van der Waals surface area contributed by atoms with E-state index in [-0.39, 0.29) is 0 Å². The van der Waals surface area contributed by atoms with E-state index in [2.05, 4.69) is 18.0 Å². The molecular formula is C19H25N2O+. The van der Waals surface area contributed by atoms with Crippen molar-refractivity contribution in [3.8, 4) is 5.75 Å². The van der Waals surface area contributed by atoms with E-state index in [0.29, 0.717) is 11.8 Å². The number of hydrogen-bond acceptors (Lipinski definition) is 1. The van der Waals surface area contributed by atoms with Crippen LogP contribution in [0.4, 0.5) is 0 Å². The summed E-state index contributed by atoms with van der Waals surface area (Å²) in [6.45, 7) is 6.47. The monoisotopic (exact) mass is 297 g/mol. The van der Waals surface area contributed by atoms with E-state index in [1.54, 1.807) is 0 Å². The third-order valence-electron chi connectivity index (χ3n) is 6.98. The molecule has 0 saturated carbocycles. The predicted octanol–water partition coefficient (Wildman–Crippen LogP) is 3.74. The number of H-pyrrole nitrogens is 1. The highest BCUT2D eigenvalue weighted by Gasteiger charge is 2.54. The van der Waals surface area contributed by atoms with Gasteiger partial charge in [0.05, 0.1) is 25.3 Å². The van der Waals surface area contributed by atoms with Crippen LogP contribution < -0.4 is 0 Å². The molecule has 3 fully saturated rings. The smallest absolute Gasteiger partial charge is 0.130 e. The SMILES string of the molecule is CCC1C[N+]23CCc4c([nH]c5cc(O)ccc45)C2CC1CC3. The fourth-order valence-corrected chi connectivity index (χ4v) is 5.84. The number of aromatic hydroxyl groups is 1. The highest BCUT2D eigenvalue weighted by Crippen LogP contribution is 2.53. The average Bonchev–Trinajstić information content (AvgIpc) is 2.91. The van der Waals surface area contributed by atoms with Crippen LogP contribution in [0.5, 0.6) is 5.75 Å². The highest BCUT2D eigenvalue weighted by molar-refractivity contribution is 5.86. The van der Waals surface area contributed by atoms with E-state index in [1.807, 2.05) is 12.1 Å². The molecule has 0 aliphatic carbocycles. The number of aromatic nitrogens is 1. The maximum atomic E-state index is 9.77.